The van der Waals surface area contributed by atoms with Crippen LogP contribution in [0.3, 0.4) is 0 Å². The zero-order valence-corrected chi connectivity index (χ0v) is 12.9. The molecule has 20 heavy (non-hydrogen) atoms. The largest absolute Gasteiger partial charge is 0.508 e. The maximum atomic E-state index is 10.2. The van der Waals surface area contributed by atoms with Crippen LogP contribution in [0.4, 0.5) is 0 Å². The van der Waals surface area contributed by atoms with Crippen molar-refractivity contribution in [3.8, 4) is 11.5 Å². The molecule has 2 aromatic rings. The molecule has 0 aliphatic heterocycles. The minimum Gasteiger partial charge on any atom is -0.508 e. The van der Waals surface area contributed by atoms with Crippen LogP contribution in [0.1, 0.15) is 50.7 Å². The van der Waals surface area contributed by atoms with Gasteiger partial charge in [0.2, 0.25) is 0 Å². The summed E-state index contributed by atoms with van der Waals surface area (Å²) in [5, 5.41) is 12.3. The molecule has 0 saturated carbocycles. The third-order valence-corrected chi connectivity index (χ3v) is 3.68. The van der Waals surface area contributed by atoms with Crippen molar-refractivity contribution in [3.63, 3.8) is 0 Å². The Morgan fingerprint density at radius 3 is 2.60 bits per heavy atom. The van der Waals surface area contributed by atoms with Crippen molar-refractivity contribution in [1.29, 1.82) is 0 Å². The normalized spacial score (nSPS) is 11.2. The minimum absolute atomic E-state index is 0.310. The van der Waals surface area contributed by atoms with E-state index < -0.39 is 0 Å². The van der Waals surface area contributed by atoms with E-state index >= 15 is 0 Å². The van der Waals surface area contributed by atoms with Crippen LogP contribution in [0.5, 0.6) is 11.5 Å². The Kier molecular flexibility index (Phi) is 4.53. The van der Waals surface area contributed by atoms with Gasteiger partial charge < -0.3 is 9.84 Å². The van der Waals surface area contributed by atoms with Gasteiger partial charge in [0.1, 0.15) is 11.5 Å². The van der Waals surface area contributed by atoms with Crippen LogP contribution in [0.2, 0.25) is 0 Å². The van der Waals surface area contributed by atoms with Gasteiger partial charge in [0, 0.05) is 5.39 Å². The van der Waals surface area contributed by atoms with Gasteiger partial charge in [0.25, 0.3) is 0 Å². The van der Waals surface area contributed by atoms with E-state index in [2.05, 4.69) is 39.0 Å². The first-order chi connectivity index (χ1) is 9.54. The van der Waals surface area contributed by atoms with Crippen molar-refractivity contribution in [2.24, 2.45) is 0 Å². The molecule has 0 aromatic heterocycles. The van der Waals surface area contributed by atoms with E-state index in [1.54, 1.807) is 0 Å². The number of phenols is 1. The molecule has 0 saturated heterocycles. The van der Waals surface area contributed by atoms with Crippen molar-refractivity contribution in [2.45, 2.75) is 46.5 Å². The topological polar surface area (TPSA) is 29.5 Å². The van der Waals surface area contributed by atoms with E-state index in [0.717, 1.165) is 47.1 Å². The molecule has 2 aromatic carbocycles. The maximum absolute atomic E-state index is 10.2. The summed E-state index contributed by atoms with van der Waals surface area (Å²) in [7, 11) is 0. The molecule has 0 spiro atoms. The quantitative estimate of drug-likeness (QED) is 0.762. The molecule has 2 heteroatoms. The summed E-state index contributed by atoms with van der Waals surface area (Å²) in [6.07, 6.45) is 2.17. The molecule has 0 unspecified atom stereocenters. The molecule has 0 radical (unpaired) electrons. The number of fused-ring (bicyclic) bond motifs is 1. The maximum Gasteiger partial charge on any atom is 0.130 e. The fraction of sp³-hybridized carbons (Fsp3) is 0.444. The number of ether oxygens (including phenoxy) is 1. The highest BCUT2D eigenvalue weighted by Crippen LogP contribution is 2.36. The van der Waals surface area contributed by atoms with Crippen LogP contribution in [0, 0.1) is 6.92 Å². The second-order valence-corrected chi connectivity index (χ2v) is 5.70. The second kappa shape index (κ2) is 6.17. The third-order valence-electron chi connectivity index (χ3n) is 3.68. The molecule has 0 fully saturated rings. The second-order valence-electron chi connectivity index (χ2n) is 5.70. The lowest BCUT2D eigenvalue weighted by atomic mass is 9.96. The Balaban J connectivity index is 2.51. The first-order valence-corrected chi connectivity index (χ1v) is 7.43. The molecule has 1 N–H and O–H groups in total. The fourth-order valence-corrected chi connectivity index (χ4v) is 2.43. The van der Waals surface area contributed by atoms with Gasteiger partial charge in [-0.05, 0) is 47.9 Å². The lowest BCUT2D eigenvalue weighted by Gasteiger charge is -2.15. The lowest BCUT2D eigenvalue weighted by Crippen LogP contribution is -1.99. The Hall–Kier alpha value is -1.70. The van der Waals surface area contributed by atoms with Crippen molar-refractivity contribution >= 4 is 10.8 Å². The van der Waals surface area contributed by atoms with Gasteiger partial charge in [-0.25, -0.2) is 0 Å². The van der Waals surface area contributed by atoms with Gasteiger partial charge in [-0.3, -0.25) is 0 Å². The van der Waals surface area contributed by atoms with Crippen LogP contribution in [-0.4, -0.2) is 11.7 Å². The van der Waals surface area contributed by atoms with E-state index in [0.29, 0.717) is 11.7 Å². The fourth-order valence-electron chi connectivity index (χ4n) is 2.43. The summed E-state index contributed by atoms with van der Waals surface area (Å²) < 4.78 is 5.93. The zero-order valence-electron chi connectivity index (χ0n) is 12.9. The van der Waals surface area contributed by atoms with Gasteiger partial charge in [0.15, 0.2) is 0 Å². The Morgan fingerprint density at radius 1 is 1.20 bits per heavy atom. The molecule has 0 heterocycles. The van der Waals surface area contributed by atoms with Crippen LogP contribution < -0.4 is 4.74 Å². The standard InChI is InChI=1S/C18H24O2/c1-5-6-9-20-18-13(4)7-8-14-10-15(12(2)3)17(19)11-16(14)18/h7-8,10-12,19H,5-6,9H2,1-4H3. The molecule has 0 aliphatic carbocycles. The number of hydrogen-bond acceptors (Lipinski definition) is 2. The first-order valence-electron chi connectivity index (χ1n) is 7.43. The SMILES string of the molecule is CCCCOc1c(C)ccc2cc(C(C)C)c(O)cc12. The highest BCUT2D eigenvalue weighted by molar-refractivity contribution is 5.91. The number of rotatable bonds is 5. The number of unbranched alkanes of at least 4 members (excludes halogenated alkanes) is 1. The molecular weight excluding hydrogens is 248 g/mol. The molecule has 0 bridgehead atoms. The summed E-state index contributed by atoms with van der Waals surface area (Å²) in [4.78, 5) is 0. The predicted molar refractivity (Wildman–Crippen MR) is 84.8 cm³/mol. The van der Waals surface area contributed by atoms with Crippen LogP contribution in [0.15, 0.2) is 24.3 Å². The number of benzene rings is 2. The lowest BCUT2D eigenvalue weighted by molar-refractivity contribution is 0.311. The number of aryl methyl sites for hydroxylation is 1. The summed E-state index contributed by atoms with van der Waals surface area (Å²) in [6.45, 7) is 9.11. The van der Waals surface area contributed by atoms with Crippen LogP contribution in [-0.2, 0) is 0 Å². The first kappa shape index (κ1) is 14.7. The Morgan fingerprint density at radius 2 is 1.95 bits per heavy atom. The average molecular weight is 272 g/mol. The van der Waals surface area contributed by atoms with E-state index in [1.807, 2.05) is 13.0 Å². The van der Waals surface area contributed by atoms with Gasteiger partial charge in [-0.1, -0.05) is 39.3 Å². The highest BCUT2D eigenvalue weighted by Gasteiger charge is 2.12. The van der Waals surface area contributed by atoms with Crippen LogP contribution in [0.25, 0.3) is 10.8 Å². The van der Waals surface area contributed by atoms with Crippen LogP contribution >= 0.6 is 0 Å². The monoisotopic (exact) mass is 272 g/mol. The van der Waals surface area contributed by atoms with E-state index in [-0.39, 0.29) is 0 Å². The highest BCUT2D eigenvalue weighted by atomic mass is 16.5. The van der Waals surface area contributed by atoms with Gasteiger partial charge >= 0.3 is 0 Å². The molecule has 0 atom stereocenters. The summed E-state index contributed by atoms with van der Waals surface area (Å²) in [6, 6.07) is 8.10. The average Bonchev–Trinajstić information content (AvgIpc) is 2.40. The number of hydrogen-bond donors (Lipinski definition) is 1. The van der Waals surface area contributed by atoms with Crippen molar-refractivity contribution in [2.75, 3.05) is 6.61 Å². The van der Waals surface area contributed by atoms with Gasteiger partial charge in [-0.2, -0.15) is 0 Å². The minimum atomic E-state index is 0.310. The van der Waals surface area contributed by atoms with E-state index in [9.17, 15) is 5.11 Å². The molecule has 0 amide bonds. The molecule has 2 rings (SSSR count). The smallest absolute Gasteiger partial charge is 0.130 e. The van der Waals surface area contributed by atoms with E-state index in [1.165, 1.54) is 0 Å². The Bertz CT molecular complexity index is 600. The summed E-state index contributed by atoms with van der Waals surface area (Å²) in [5.41, 5.74) is 2.10. The third kappa shape index (κ3) is 2.90. The summed E-state index contributed by atoms with van der Waals surface area (Å²) in [5.74, 6) is 1.57. The van der Waals surface area contributed by atoms with Crippen molar-refractivity contribution in [1.82, 2.24) is 0 Å². The van der Waals surface area contributed by atoms with Crippen molar-refractivity contribution < 1.29 is 9.84 Å². The number of aromatic hydroxyl groups is 1. The Labute approximate surface area is 121 Å². The number of phenolic OH excluding ortho intramolecular Hbond substituents is 1. The molecular formula is C18H24O2. The van der Waals surface area contributed by atoms with E-state index in [4.69, 9.17) is 4.74 Å². The van der Waals surface area contributed by atoms with Gasteiger partial charge in [0.05, 0.1) is 6.61 Å². The molecule has 108 valence electrons. The molecule has 2 nitrogen and oxygen atoms in total. The van der Waals surface area contributed by atoms with Gasteiger partial charge in [-0.15, -0.1) is 0 Å². The zero-order chi connectivity index (χ0) is 14.7. The summed E-state index contributed by atoms with van der Waals surface area (Å²) >= 11 is 0. The molecule has 0 aliphatic rings. The van der Waals surface area contributed by atoms with Crippen molar-refractivity contribution in [3.05, 3.63) is 35.4 Å². The predicted octanol–water partition coefficient (Wildman–Crippen LogP) is 5.16.